The average Bonchev–Trinajstić information content (AvgIpc) is 3.24. The molecule has 0 saturated carbocycles. The molecule has 0 atom stereocenters. The molecular weight excluding hydrogens is 378 g/mol. The summed E-state index contributed by atoms with van der Waals surface area (Å²) in [5.41, 5.74) is 2.01. The van der Waals surface area contributed by atoms with Crippen LogP contribution in [0.1, 0.15) is 18.4 Å². The molecule has 0 fully saturated rings. The van der Waals surface area contributed by atoms with Crippen LogP contribution < -0.4 is 4.74 Å². The number of carbonyl (C=O) groups is 1. The fourth-order valence-corrected chi connectivity index (χ4v) is 3.31. The van der Waals surface area contributed by atoms with Gasteiger partial charge in [-0.3, -0.25) is 4.79 Å². The van der Waals surface area contributed by atoms with Crippen molar-refractivity contribution in [1.29, 1.82) is 0 Å². The van der Waals surface area contributed by atoms with E-state index < -0.39 is 0 Å². The maximum absolute atomic E-state index is 12.7. The van der Waals surface area contributed by atoms with Crippen molar-refractivity contribution in [1.82, 2.24) is 15.0 Å². The Morgan fingerprint density at radius 2 is 1.87 bits per heavy atom. The Hall–Kier alpha value is -3.67. The number of aryl methyl sites for hydroxylation is 1. The lowest BCUT2D eigenvalue weighted by atomic mass is 10.1. The van der Waals surface area contributed by atoms with E-state index in [0.717, 1.165) is 21.9 Å². The summed E-state index contributed by atoms with van der Waals surface area (Å²) in [5, 5.41) is 6.10. The van der Waals surface area contributed by atoms with Crippen LogP contribution in [-0.4, -0.2) is 34.1 Å². The molecule has 0 radical (unpaired) electrons. The molecule has 0 aliphatic heterocycles. The van der Waals surface area contributed by atoms with Crippen molar-refractivity contribution in [3.05, 3.63) is 78.2 Å². The lowest BCUT2D eigenvalue weighted by molar-refractivity contribution is -0.134. The van der Waals surface area contributed by atoms with Crippen molar-refractivity contribution in [3.8, 4) is 17.1 Å². The molecule has 0 aliphatic rings. The molecular formula is C24H23N3O3. The fraction of sp³-hybridized carbons (Fsp3) is 0.208. The molecule has 1 aromatic heterocycles. The Balaban J connectivity index is 1.42. The highest BCUT2D eigenvalue weighted by molar-refractivity contribution is 5.88. The molecule has 0 spiro atoms. The van der Waals surface area contributed by atoms with Crippen LogP contribution in [0.15, 0.2) is 71.3 Å². The van der Waals surface area contributed by atoms with Gasteiger partial charge < -0.3 is 14.2 Å². The van der Waals surface area contributed by atoms with Gasteiger partial charge in [0.05, 0.1) is 0 Å². The molecule has 1 amide bonds. The van der Waals surface area contributed by atoms with Gasteiger partial charge in [0.15, 0.2) is 6.61 Å². The third-order valence-electron chi connectivity index (χ3n) is 4.91. The molecule has 0 saturated heterocycles. The number of aromatic nitrogens is 2. The largest absolute Gasteiger partial charge is 0.483 e. The molecule has 4 aromatic rings. The number of fused-ring (bicyclic) bond motifs is 1. The highest BCUT2D eigenvalue weighted by Crippen LogP contribution is 2.25. The Labute approximate surface area is 175 Å². The van der Waals surface area contributed by atoms with Gasteiger partial charge in [0.25, 0.3) is 5.91 Å². The first-order chi connectivity index (χ1) is 14.6. The van der Waals surface area contributed by atoms with Gasteiger partial charge in [0, 0.05) is 17.5 Å². The van der Waals surface area contributed by atoms with Gasteiger partial charge in [-0.2, -0.15) is 4.98 Å². The van der Waals surface area contributed by atoms with Gasteiger partial charge in [-0.15, -0.1) is 0 Å². The van der Waals surface area contributed by atoms with E-state index in [1.54, 1.807) is 4.90 Å². The van der Waals surface area contributed by atoms with Crippen molar-refractivity contribution in [2.45, 2.75) is 20.4 Å². The normalized spacial score (nSPS) is 10.9. The lowest BCUT2D eigenvalue weighted by Gasteiger charge is -2.19. The maximum atomic E-state index is 12.7. The van der Waals surface area contributed by atoms with E-state index >= 15 is 0 Å². The predicted octanol–water partition coefficient (Wildman–Crippen LogP) is 4.63. The van der Waals surface area contributed by atoms with Crippen molar-refractivity contribution < 1.29 is 14.1 Å². The van der Waals surface area contributed by atoms with Crippen molar-refractivity contribution >= 4 is 16.7 Å². The quantitative estimate of drug-likeness (QED) is 0.452. The van der Waals surface area contributed by atoms with Gasteiger partial charge in [-0.25, -0.2) is 0 Å². The van der Waals surface area contributed by atoms with Crippen LogP contribution in [0.5, 0.6) is 5.75 Å². The molecule has 0 N–H and O–H groups in total. The van der Waals surface area contributed by atoms with Gasteiger partial charge in [0.2, 0.25) is 11.7 Å². The summed E-state index contributed by atoms with van der Waals surface area (Å²) in [7, 11) is 0. The standard InChI is InChI=1S/C24H23N3O3/c1-3-27(15-22-25-24(26-30-22)19-11-6-8-17(2)14-19)23(28)16-29-21-13-7-10-18-9-4-5-12-20(18)21/h4-14H,3,15-16H2,1-2H3. The first-order valence-corrected chi connectivity index (χ1v) is 9.92. The number of nitrogens with zero attached hydrogens (tertiary/aromatic N) is 3. The Kier molecular flexibility index (Phi) is 5.75. The number of hydrogen-bond acceptors (Lipinski definition) is 5. The zero-order valence-electron chi connectivity index (χ0n) is 17.0. The number of ether oxygens (including phenoxy) is 1. The number of benzene rings is 3. The summed E-state index contributed by atoms with van der Waals surface area (Å²) in [5.74, 6) is 1.47. The summed E-state index contributed by atoms with van der Waals surface area (Å²) in [6, 6.07) is 21.6. The average molecular weight is 401 g/mol. The number of carbonyl (C=O) groups excluding carboxylic acids is 1. The zero-order chi connectivity index (χ0) is 20.9. The molecule has 0 aliphatic carbocycles. The van der Waals surface area contributed by atoms with E-state index in [0.29, 0.717) is 24.0 Å². The molecule has 0 unspecified atom stereocenters. The molecule has 6 heteroatoms. The minimum absolute atomic E-state index is 0.0548. The SMILES string of the molecule is CCN(Cc1nc(-c2cccc(C)c2)no1)C(=O)COc1cccc2ccccc12. The van der Waals surface area contributed by atoms with Crippen LogP contribution in [0, 0.1) is 6.92 Å². The van der Waals surface area contributed by atoms with Crippen LogP contribution in [0.2, 0.25) is 0 Å². The fourth-order valence-electron chi connectivity index (χ4n) is 3.31. The molecule has 30 heavy (non-hydrogen) atoms. The minimum atomic E-state index is -0.138. The van der Waals surface area contributed by atoms with E-state index in [4.69, 9.17) is 9.26 Å². The van der Waals surface area contributed by atoms with Crippen LogP contribution in [-0.2, 0) is 11.3 Å². The summed E-state index contributed by atoms with van der Waals surface area (Å²) < 4.78 is 11.2. The number of amides is 1. The zero-order valence-corrected chi connectivity index (χ0v) is 17.0. The highest BCUT2D eigenvalue weighted by atomic mass is 16.5. The summed E-state index contributed by atoms with van der Waals surface area (Å²) in [4.78, 5) is 18.8. The Morgan fingerprint density at radius 1 is 1.07 bits per heavy atom. The second-order valence-corrected chi connectivity index (χ2v) is 7.06. The number of likely N-dealkylation sites (N-methyl/N-ethyl adjacent to an activating group) is 1. The van der Waals surface area contributed by atoms with Gasteiger partial charge >= 0.3 is 0 Å². The minimum Gasteiger partial charge on any atom is -0.483 e. The Bertz CT molecular complexity index is 1160. The first-order valence-electron chi connectivity index (χ1n) is 9.92. The monoisotopic (exact) mass is 401 g/mol. The summed E-state index contributed by atoms with van der Waals surface area (Å²) in [6.45, 7) is 4.62. The molecule has 0 bridgehead atoms. The van der Waals surface area contributed by atoms with E-state index in [9.17, 15) is 4.79 Å². The van der Waals surface area contributed by atoms with Crippen LogP contribution in [0.4, 0.5) is 0 Å². The first kappa shape index (κ1) is 19.6. The van der Waals surface area contributed by atoms with Gasteiger partial charge in [-0.1, -0.05) is 65.3 Å². The van der Waals surface area contributed by atoms with Crippen LogP contribution in [0.25, 0.3) is 22.2 Å². The second-order valence-electron chi connectivity index (χ2n) is 7.06. The van der Waals surface area contributed by atoms with Crippen molar-refractivity contribution in [2.75, 3.05) is 13.2 Å². The van der Waals surface area contributed by atoms with Gasteiger partial charge in [0.1, 0.15) is 12.3 Å². The lowest BCUT2D eigenvalue weighted by Crippen LogP contribution is -2.34. The van der Waals surface area contributed by atoms with Crippen LogP contribution in [0.3, 0.4) is 0 Å². The van der Waals surface area contributed by atoms with Crippen molar-refractivity contribution in [3.63, 3.8) is 0 Å². The highest BCUT2D eigenvalue weighted by Gasteiger charge is 2.18. The summed E-state index contributed by atoms with van der Waals surface area (Å²) >= 11 is 0. The maximum Gasteiger partial charge on any atom is 0.260 e. The summed E-state index contributed by atoms with van der Waals surface area (Å²) in [6.07, 6.45) is 0. The molecule has 3 aromatic carbocycles. The van der Waals surface area contributed by atoms with Gasteiger partial charge in [-0.05, 0) is 31.4 Å². The molecule has 1 heterocycles. The number of hydrogen-bond donors (Lipinski definition) is 0. The molecule has 4 rings (SSSR count). The van der Waals surface area contributed by atoms with Crippen molar-refractivity contribution in [2.24, 2.45) is 0 Å². The van der Waals surface area contributed by atoms with Crippen LogP contribution >= 0.6 is 0 Å². The van der Waals surface area contributed by atoms with E-state index in [2.05, 4.69) is 10.1 Å². The molecule has 6 nitrogen and oxygen atoms in total. The Morgan fingerprint density at radius 3 is 2.70 bits per heavy atom. The number of rotatable bonds is 7. The smallest absolute Gasteiger partial charge is 0.260 e. The molecule has 152 valence electrons. The topological polar surface area (TPSA) is 68.5 Å². The van der Waals surface area contributed by atoms with E-state index in [1.165, 1.54) is 0 Å². The predicted molar refractivity (Wildman–Crippen MR) is 115 cm³/mol. The van der Waals surface area contributed by atoms with E-state index in [-0.39, 0.29) is 19.1 Å². The van der Waals surface area contributed by atoms with E-state index in [1.807, 2.05) is 80.6 Å². The third kappa shape index (κ3) is 4.33. The second kappa shape index (κ2) is 8.78. The third-order valence-corrected chi connectivity index (χ3v) is 4.91.